The van der Waals surface area contributed by atoms with E-state index < -0.39 is 18.1 Å². The number of halogens is 2. The minimum absolute atomic E-state index is 0.174. The number of hydrogen-bond acceptors (Lipinski definition) is 6. The lowest BCUT2D eigenvalue weighted by Gasteiger charge is -2.25. The molecule has 34 heavy (non-hydrogen) atoms. The summed E-state index contributed by atoms with van der Waals surface area (Å²) in [6.45, 7) is 4.14. The Kier molecular flexibility index (Phi) is 8.98. The second kappa shape index (κ2) is 11.9. The van der Waals surface area contributed by atoms with Gasteiger partial charge in [0.25, 0.3) is 0 Å². The van der Waals surface area contributed by atoms with Gasteiger partial charge >= 0.3 is 5.97 Å². The van der Waals surface area contributed by atoms with Gasteiger partial charge in [0.2, 0.25) is 5.91 Å². The van der Waals surface area contributed by atoms with Crippen molar-refractivity contribution in [3.63, 3.8) is 0 Å². The highest BCUT2D eigenvalue weighted by Crippen LogP contribution is 2.31. The molecule has 3 N–H and O–H groups in total. The van der Waals surface area contributed by atoms with Gasteiger partial charge in [-0.1, -0.05) is 54.7 Å². The summed E-state index contributed by atoms with van der Waals surface area (Å²) in [5.41, 5.74) is 2.12. The number of carboxylic acid groups (broad SMARTS) is 1. The first-order valence-corrected chi connectivity index (χ1v) is 11.6. The Labute approximate surface area is 207 Å². The van der Waals surface area contributed by atoms with E-state index in [9.17, 15) is 14.7 Å². The van der Waals surface area contributed by atoms with Gasteiger partial charge in [-0.2, -0.15) is 0 Å². The summed E-state index contributed by atoms with van der Waals surface area (Å²) in [5.74, 6) is -0.600. The first-order valence-electron chi connectivity index (χ1n) is 10.8. The number of nitrogens with one attached hydrogen (secondary N) is 2. The van der Waals surface area contributed by atoms with E-state index in [2.05, 4.69) is 33.1 Å². The van der Waals surface area contributed by atoms with Crippen LogP contribution < -0.4 is 10.6 Å². The van der Waals surface area contributed by atoms with E-state index in [0.29, 0.717) is 33.7 Å². The van der Waals surface area contributed by atoms with Crippen LogP contribution in [0.3, 0.4) is 0 Å². The fourth-order valence-corrected chi connectivity index (χ4v) is 3.85. The summed E-state index contributed by atoms with van der Waals surface area (Å²) in [6, 6.07) is 11.1. The monoisotopic (exact) mass is 504 g/mol. The molecule has 0 radical (unpaired) electrons. The molecule has 2 aromatic carbocycles. The number of tetrazole rings is 1. The van der Waals surface area contributed by atoms with Crippen molar-refractivity contribution in [2.75, 3.05) is 5.32 Å². The van der Waals surface area contributed by atoms with Crippen LogP contribution in [0.5, 0.6) is 0 Å². The Morgan fingerprint density at radius 3 is 2.41 bits per heavy atom. The molecule has 0 saturated heterocycles. The average molecular weight is 505 g/mol. The zero-order valence-corrected chi connectivity index (χ0v) is 20.3. The molecule has 0 fully saturated rings. The standard InChI is InChI=1S/C23H26Cl2N6O3/c1-3-4-11-31-23(28-29-30-31)22(15-5-8-17(9-6-15)26-14(2)32)27-20(13-21(33)34)16-7-10-18(24)19(25)12-16/h5-10,12,20,22,27H,3-4,11,13H2,1-2H3,(H,26,32)(H,33,34). The summed E-state index contributed by atoms with van der Waals surface area (Å²) in [5, 5.41) is 28.7. The Balaban J connectivity index is 2.02. The highest BCUT2D eigenvalue weighted by Gasteiger charge is 2.27. The minimum atomic E-state index is -0.978. The SMILES string of the molecule is CCCCn1nnnc1C(NC(CC(=O)O)c1ccc(Cl)c(Cl)c1)c1ccc(NC(C)=O)cc1. The molecule has 0 saturated carbocycles. The molecule has 2 atom stereocenters. The fraction of sp³-hybridized carbons (Fsp3) is 0.348. The molecule has 0 aliphatic heterocycles. The molecule has 11 heteroatoms. The maximum absolute atomic E-state index is 11.7. The predicted molar refractivity (Wildman–Crippen MR) is 130 cm³/mol. The number of amides is 1. The highest BCUT2D eigenvalue weighted by atomic mass is 35.5. The zero-order chi connectivity index (χ0) is 24.7. The smallest absolute Gasteiger partial charge is 0.305 e. The lowest BCUT2D eigenvalue weighted by atomic mass is 9.99. The number of carboxylic acids is 1. The Hall–Kier alpha value is -3.01. The van der Waals surface area contributed by atoms with Crippen molar-refractivity contribution < 1.29 is 14.7 Å². The molecule has 1 aromatic heterocycles. The minimum Gasteiger partial charge on any atom is -0.481 e. The van der Waals surface area contributed by atoms with Crippen molar-refractivity contribution in [3.8, 4) is 0 Å². The van der Waals surface area contributed by atoms with Gasteiger partial charge in [0.15, 0.2) is 5.82 Å². The van der Waals surface area contributed by atoms with E-state index in [4.69, 9.17) is 23.2 Å². The van der Waals surface area contributed by atoms with Gasteiger partial charge in [-0.15, -0.1) is 5.10 Å². The van der Waals surface area contributed by atoms with Crippen molar-refractivity contribution in [2.24, 2.45) is 0 Å². The van der Waals surface area contributed by atoms with Gasteiger partial charge in [0.05, 0.1) is 22.5 Å². The summed E-state index contributed by atoms with van der Waals surface area (Å²) >= 11 is 12.3. The van der Waals surface area contributed by atoms with Crippen LogP contribution >= 0.6 is 23.2 Å². The van der Waals surface area contributed by atoms with Crippen molar-refractivity contribution in [2.45, 2.75) is 51.7 Å². The van der Waals surface area contributed by atoms with Crippen LogP contribution in [-0.4, -0.2) is 37.2 Å². The normalized spacial score (nSPS) is 12.8. The number of aryl methyl sites for hydroxylation is 1. The van der Waals surface area contributed by atoms with Gasteiger partial charge in [-0.05, 0) is 52.2 Å². The van der Waals surface area contributed by atoms with Crippen LogP contribution in [0.2, 0.25) is 10.0 Å². The van der Waals surface area contributed by atoms with E-state index in [0.717, 1.165) is 18.4 Å². The lowest BCUT2D eigenvalue weighted by molar-refractivity contribution is -0.137. The number of carbonyl (C=O) groups is 2. The maximum Gasteiger partial charge on any atom is 0.305 e. The van der Waals surface area contributed by atoms with Crippen LogP contribution in [0, 0.1) is 0 Å². The number of carbonyl (C=O) groups excluding carboxylic acids is 1. The average Bonchev–Trinajstić information content (AvgIpc) is 3.25. The van der Waals surface area contributed by atoms with Crippen molar-refractivity contribution >= 4 is 40.8 Å². The number of anilines is 1. The van der Waals surface area contributed by atoms with Gasteiger partial charge in [0.1, 0.15) is 0 Å². The van der Waals surface area contributed by atoms with E-state index in [-0.39, 0.29) is 12.3 Å². The van der Waals surface area contributed by atoms with E-state index >= 15 is 0 Å². The molecule has 0 bridgehead atoms. The number of benzene rings is 2. The van der Waals surface area contributed by atoms with Crippen LogP contribution in [0.1, 0.15) is 62.1 Å². The van der Waals surface area contributed by atoms with E-state index in [1.807, 2.05) is 12.1 Å². The predicted octanol–water partition coefficient (Wildman–Crippen LogP) is 4.63. The molecule has 0 spiro atoms. The van der Waals surface area contributed by atoms with Crippen LogP contribution in [0.15, 0.2) is 42.5 Å². The number of rotatable bonds is 11. The third-order valence-electron chi connectivity index (χ3n) is 5.20. The van der Waals surface area contributed by atoms with Crippen LogP contribution in [0.4, 0.5) is 5.69 Å². The molecule has 180 valence electrons. The summed E-state index contributed by atoms with van der Waals surface area (Å²) in [4.78, 5) is 23.1. The molecular formula is C23H26Cl2N6O3. The van der Waals surface area contributed by atoms with Gasteiger partial charge < -0.3 is 10.4 Å². The van der Waals surface area contributed by atoms with Gasteiger partial charge in [-0.25, -0.2) is 4.68 Å². The summed E-state index contributed by atoms with van der Waals surface area (Å²) in [6.07, 6.45) is 1.65. The molecule has 1 amide bonds. The first kappa shape index (κ1) is 25.6. The molecular weight excluding hydrogens is 479 g/mol. The maximum atomic E-state index is 11.7. The van der Waals surface area contributed by atoms with Crippen molar-refractivity contribution in [1.29, 1.82) is 0 Å². The number of unbranched alkanes of at least 4 members (excludes halogenated alkanes) is 1. The number of hydrogen-bond donors (Lipinski definition) is 3. The topological polar surface area (TPSA) is 122 Å². The lowest BCUT2D eigenvalue weighted by Crippen LogP contribution is -2.31. The molecule has 9 nitrogen and oxygen atoms in total. The summed E-state index contributed by atoms with van der Waals surface area (Å²) in [7, 11) is 0. The Morgan fingerprint density at radius 2 is 1.79 bits per heavy atom. The molecule has 0 aliphatic rings. The molecule has 3 rings (SSSR count). The zero-order valence-electron chi connectivity index (χ0n) is 18.8. The quantitative estimate of drug-likeness (QED) is 0.347. The third kappa shape index (κ3) is 6.75. The van der Waals surface area contributed by atoms with Gasteiger partial charge in [0, 0.05) is 25.2 Å². The molecule has 0 aliphatic carbocycles. The van der Waals surface area contributed by atoms with E-state index in [1.54, 1.807) is 35.0 Å². The van der Waals surface area contributed by atoms with Crippen molar-refractivity contribution in [1.82, 2.24) is 25.5 Å². The highest BCUT2D eigenvalue weighted by molar-refractivity contribution is 6.42. The Bertz CT molecular complexity index is 1140. The van der Waals surface area contributed by atoms with Crippen LogP contribution in [-0.2, 0) is 16.1 Å². The number of aromatic nitrogens is 4. The summed E-state index contributed by atoms with van der Waals surface area (Å²) < 4.78 is 1.72. The number of aliphatic carboxylic acids is 1. The second-order valence-corrected chi connectivity index (χ2v) is 8.66. The second-order valence-electron chi connectivity index (χ2n) is 7.84. The molecule has 3 aromatic rings. The fourth-order valence-electron chi connectivity index (χ4n) is 3.55. The third-order valence-corrected chi connectivity index (χ3v) is 5.94. The molecule has 1 heterocycles. The van der Waals surface area contributed by atoms with E-state index in [1.165, 1.54) is 6.92 Å². The number of nitrogens with zero attached hydrogens (tertiary/aromatic N) is 4. The van der Waals surface area contributed by atoms with Crippen molar-refractivity contribution in [3.05, 3.63) is 69.5 Å². The molecule has 2 unspecified atom stereocenters. The van der Waals surface area contributed by atoms with Crippen LogP contribution in [0.25, 0.3) is 0 Å². The Morgan fingerprint density at radius 1 is 1.09 bits per heavy atom. The van der Waals surface area contributed by atoms with Gasteiger partial charge in [-0.3, -0.25) is 14.9 Å². The first-order chi connectivity index (χ1) is 16.3. The largest absolute Gasteiger partial charge is 0.481 e.